The summed E-state index contributed by atoms with van der Waals surface area (Å²) < 4.78 is 16.6. The van der Waals surface area contributed by atoms with Crippen molar-refractivity contribution >= 4 is 17.9 Å². The van der Waals surface area contributed by atoms with Gasteiger partial charge in [0.05, 0.1) is 6.42 Å². The van der Waals surface area contributed by atoms with Crippen LogP contribution in [0.25, 0.3) is 0 Å². The van der Waals surface area contributed by atoms with E-state index in [2.05, 4.69) is 81.5 Å². The molecule has 0 amide bonds. The van der Waals surface area contributed by atoms with E-state index >= 15 is 0 Å². The van der Waals surface area contributed by atoms with Gasteiger partial charge in [-0.1, -0.05) is 177 Å². The molecule has 1 atom stereocenters. The van der Waals surface area contributed by atoms with Crippen molar-refractivity contribution < 1.29 is 28.6 Å². The maximum absolute atomic E-state index is 12.7. The summed E-state index contributed by atoms with van der Waals surface area (Å²) in [5.41, 5.74) is 0. The summed E-state index contributed by atoms with van der Waals surface area (Å²) in [6.07, 6.45) is 56.3. The summed E-state index contributed by atoms with van der Waals surface area (Å²) in [4.78, 5) is 37.6. The molecular weight excluding hydrogens is 709 g/mol. The summed E-state index contributed by atoms with van der Waals surface area (Å²) in [6, 6.07) is 0. The third-order valence-electron chi connectivity index (χ3n) is 9.70. The predicted octanol–water partition coefficient (Wildman–Crippen LogP) is 15.1. The third-order valence-corrected chi connectivity index (χ3v) is 9.70. The second-order valence-corrected chi connectivity index (χ2v) is 15.3. The number of unbranched alkanes of at least 4 members (excludes halogenated alkanes) is 19. The fourth-order valence-electron chi connectivity index (χ4n) is 6.17. The Balaban J connectivity index is 4.42. The second-order valence-electron chi connectivity index (χ2n) is 15.3. The summed E-state index contributed by atoms with van der Waals surface area (Å²) in [5.74, 6) is -1.07. The number of carbonyl (C=O) groups excluding carboxylic acids is 3. The lowest BCUT2D eigenvalue weighted by Crippen LogP contribution is -2.30. The number of allylic oxidation sites excluding steroid dienone is 11. The molecule has 0 saturated carbocycles. The molecule has 0 saturated heterocycles. The van der Waals surface area contributed by atoms with Gasteiger partial charge >= 0.3 is 17.9 Å². The highest BCUT2D eigenvalue weighted by atomic mass is 16.6. The van der Waals surface area contributed by atoms with Crippen LogP contribution >= 0.6 is 0 Å². The molecule has 0 radical (unpaired) electrons. The molecule has 0 aliphatic rings. The Morgan fingerprint density at radius 1 is 0.386 bits per heavy atom. The first-order valence-electron chi connectivity index (χ1n) is 23.4. The Morgan fingerprint density at radius 3 is 1.30 bits per heavy atom. The quantitative estimate of drug-likeness (QED) is 0.0265. The lowest BCUT2D eigenvalue weighted by atomic mass is 10.1. The van der Waals surface area contributed by atoms with Gasteiger partial charge in [0, 0.05) is 12.8 Å². The van der Waals surface area contributed by atoms with Gasteiger partial charge in [-0.3, -0.25) is 14.4 Å². The first-order chi connectivity index (χ1) is 28.0. The van der Waals surface area contributed by atoms with Gasteiger partial charge in [0.15, 0.2) is 6.10 Å². The van der Waals surface area contributed by atoms with Crippen molar-refractivity contribution in [3.63, 3.8) is 0 Å². The third kappa shape index (κ3) is 43.8. The van der Waals surface area contributed by atoms with Crippen LogP contribution in [-0.2, 0) is 28.6 Å². The molecule has 0 aliphatic carbocycles. The van der Waals surface area contributed by atoms with Gasteiger partial charge in [-0.2, -0.15) is 0 Å². The predicted molar refractivity (Wildman–Crippen MR) is 242 cm³/mol. The lowest BCUT2D eigenvalue weighted by molar-refractivity contribution is -0.166. The Morgan fingerprint density at radius 2 is 0.754 bits per heavy atom. The fraction of sp³-hybridized carbons (Fsp3) is 0.706. The Labute approximate surface area is 351 Å². The summed E-state index contributed by atoms with van der Waals surface area (Å²) in [6.45, 7) is 6.35. The van der Waals surface area contributed by atoms with Gasteiger partial charge in [0.25, 0.3) is 0 Å². The van der Waals surface area contributed by atoms with Crippen molar-refractivity contribution in [2.24, 2.45) is 0 Å². The van der Waals surface area contributed by atoms with Crippen LogP contribution in [-0.4, -0.2) is 37.2 Å². The minimum absolute atomic E-state index is 0.113. The summed E-state index contributed by atoms with van der Waals surface area (Å²) in [5, 5.41) is 0. The van der Waals surface area contributed by atoms with E-state index in [-0.39, 0.29) is 38.0 Å². The molecule has 326 valence electrons. The number of carbonyl (C=O) groups is 3. The molecule has 0 spiro atoms. The van der Waals surface area contributed by atoms with Gasteiger partial charge in [0.2, 0.25) is 0 Å². The van der Waals surface area contributed by atoms with Crippen LogP contribution in [0.15, 0.2) is 72.9 Å². The Kier molecular flexibility index (Phi) is 43.0. The van der Waals surface area contributed by atoms with Crippen LogP contribution in [0.5, 0.6) is 0 Å². The molecule has 0 aromatic heterocycles. The van der Waals surface area contributed by atoms with Crippen molar-refractivity contribution in [1.29, 1.82) is 0 Å². The number of ether oxygens (including phenoxy) is 3. The first kappa shape index (κ1) is 53.9. The normalized spacial score (nSPS) is 12.7. The average molecular weight is 795 g/mol. The lowest BCUT2D eigenvalue weighted by Gasteiger charge is -2.18. The maximum atomic E-state index is 12.7. The molecule has 6 heteroatoms. The molecule has 0 rings (SSSR count). The zero-order chi connectivity index (χ0) is 41.5. The van der Waals surface area contributed by atoms with Crippen LogP contribution in [0.1, 0.15) is 213 Å². The topological polar surface area (TPSA) is 78.9 Å². The number of esters is 3. The van der Waals surface area contributed by atoms with Crippen molar-refractivity contribution in [3.8, 4) is 0 Å². The molecule has 6 nitrogen and oxygen atoms in total. The van der Waals surface area contributed by atoms with Crippen molar-refractivity contribution in [2.45, 2.75) is 219 Å². The molecule has 57 heavy (non-hydrogen) atoms. The molecule has 0 fully saturated rings. The molecule has 0 aromatic carbocycles. The number of rotatable bonds is 41. The van der Waals surface area contributed by atoms with E-state index in [9.17, 15) is 14.4 Å². The summed E-state index contributed by atoms with van der Waals surface area (Å²) in [7, 11) is 0. The van der Waals surface area contributed by atoms with Gasteiger partial charge < -0.3 is 14.2 Å². The molecule has 0 bridgehead atoms. The number of hydrogen-bond acceptors (Lipinski definition) is 6. The van der Waals surface area contributed by atoms with Crippen molar-refractivity contribution in [1.82, 2.24) is 0 Å². The molecule has 0 aromatic rings. The summed E-state index contributed by atoms with van der Waals surface area (Å²) >= 11 is 0. The Bertz CT molecular complexity index is 1100. The van der Waals surface area contributed by atoms with Gasteiger partial charge in [-0.05, 0) is 89.9 Å². The SMILES string of the molecule is CC/C=C\C/C=C\C/C=C\CC(=O)OCC(COC(=O)CCCCCCCCC/C=C\C/C=C\CCCCC)OC(=O)CCCCC/C=C\CCCCCCCC. The van der Waals surface area contributed by atoms with Gasteiger partial charge in [-0.25, -0.2) is 0 Å². The Hall–Kier alpha value is -3.15. The highest BCUT2D eigenvalue weighted by molar-refractivity contribution is 5.72. The van der Waals surface area contributed by atoms with E-state index in [0.717, 1.165) is 83.5 Å². The highest BCUT2D eigenvalue weighted by Gasteiger charge is 2.19. The van der Waals surface area contributed by atoms with E-state index in [1.54, 1.807) is 6.08 Å². The highest BCUT2D eigenvalue weighted by Crippen LogP contribution is 2.13. The van der Waals surface area contributed by atoms with Crippen LogP contribution in [0.3, 0.4) is 0 Å². The minimum atomic E-state index is -0.819. The smallest absolute Gasteiger partial charge is 0.309 e. The molecule has 0 N–H and O–H groups in total. The van der Waals surface area contributed by atoms with E-state index in [0.29, 0.717) is 6.42 Å². The molecule has 0 heterocycles. The zero-order valence-electron chi connectivity index (χ0n) is 37.1. The number of hydrogen-bond donors (Lipinski definition) is 0. The van der Waals surface area contributed by atoms with Crippen LogP contribution in [0.4, 0.5) is 0 Å². The van der Waals surface area contributed by atoms with E-state index in [4.69, 9.17) is 14.2 Å². The van der Waals surface area contributed by atoms with Gasteiger partial charge in [-0.15, -0.1) is 0 Å². The monoisotopic (exact) mass is 795 g/mol. The van der Waals surface area contributed by atoms with Crippen molar-refractivity contribution in [2.75, 3.05) is 13.2 Å². The molecule has 1 unspecified atom stereocenters. The van der Waals surface area contributed by atoms with Crippen LogP contribution in [0.2, 0.25) is 0 Å². The van der Waals surface area contributed by atoms with Crippen LogP contribution < -0.4 is 0 Å². The van der Waals surface area contributed by atoms with Gasteiger partial charge in [0.1, 0.15) is 13.2 Å². The standard InChI is InChI=1S/C51H86O6/c1-4-7-10-13-16-19-21-23-24-25-26-28-29-32-35-38-41-44-50(53)56-47-48(46-55-49(52)43-40-37-34-31-18-15-12-9-6-3)57-51(54)45-42-39-36-33-30-27-22-20-17-14-11-8-5-2/h9,12,16,18-19,23-24,27,30-31,37,40,48H,4-8,10-11,13-15,17,20-22,25-26,28-29,32-36,38-39,41-47H2,1-3H3/b12-9-,19-16-,24-23-,30-27-,31-18-,40-37-. The minimum Gasteiger partial charge on any atom is -0.462 e. The van der Waals surface area contributed by atoms with E-state index in [1.165, 1.54) is 89.9 Å². The second kappa shape index (κ2) is 45.6. The largest absolute Gasteiger partial charge is 0.462 e. The average Bonchev–Trinajstić information content (AvgIpc) is 3.21. The fourth-order valence-corrected chi connectivity index (χ4v) is 6.17. The molecule has 0 aliphatic heterocycles. The first-order valence-corrected chi connectivity index (χ1v) is 23.4. The van der Waals surface area contributed by atoms with E-state index < -0.39 is 12.1 Å². The van der Waals surface area contributed by atoms with E-state index in [1.807, 2.05) is 6.08 Å². The van der Waals surface area contributed by atoms with Crippen LogP contribution in [0, 0.1) is 0 Å². The van der Waals surface area contributed by atoms with Crippen molar-refractivity contribution in [3.05, 3.63) is 72.9 Å². The molecular formula is C51H86O6. The maximum Gasteiger partial charge on any atom is 0.309 e. The zero-order valence-corrected chi connectivity index (χ0v) is 37.1.